The van der Waals surface area contributed by atoms with Crippen LogP contribution in [0.5, 0.6) is 0 Å². The molecule has 0 heterocycles. The minimum Gasteiger partial charge on any atom is -0.756 e. The highest BCUT2D eigenvalue weighted by atomic mass is 31.2. The maximum absolute atomic E-state index is 13.0. The third kappa shape index (κ3) is 58.8. The van der Waals surface area contributed by atoms with E-state index in [4.69, 9.17) is 9.05 Å². The fraction of sp³-hybridized carbons (Fsp3) is 0.953. The highest BCUT2D eigenvalue weighted by Gasteiger charge is 2.23. The molecule has 8 nitrogen and oxygen atoms in total. The molecule has 0 aliphatic rings. The van der Waals surface area contributed by atoms with Gasteiger partial charge in [-0.05, 0) is 19.3 Å². The highest BCUT2D eigenvalue weighted by Crippen LogP contribution is 2.38. The van der Waals surface area contributed by atoms with E-state index in [1.165, 1.54) is 283 Å². The third-order valence-electron chi connectivity index (χ3n) is 15.2. The van der Waals surface area contributed by atoms with Crippen LogP contribution in [0.15, 0.2) is 12.2 Å². The average molecular weight is 1050 g/mol. The van der Waals surface area contributed by atoms with Gasteiger partial charge in [0.1, 0.15) is 13.2 Å². The lowest BCUT2D eigenvalue weighted by atomic mass is 10.0. The first-order valence-electron chi connectivity index (χ1n) is 32.6. The number of nitrogens with zero attached hydrogens (tertiary/aromatic N) is 1. The number of hydrogen-bond acceptors (Lipinski definition) is 6. The zero-order valence-corrected chi connectivity index (χ0v) is 50.8. The van der Waals surface area contributed by atoms with Crippen molar-refractivity contribution < 1.29 is 32.9 Å². The zero-order valence-electron chi connectivity index (χ0n) is 49.9. The second kappa shape index (κ2) is 56.0. The highest BCUT2D eigenvalue weighted by molar-refractivity contribution is 7.45. The molecule has 1 unspecified atom stereocenters. The van der Waals surface area contributed by atoms with Gasteiger partial charge in [-0.3, -0.25) is 9.36 Å². The van der Waals surface area contributed by atoms with E-state index in [2.05, 4.69) is 19.2 Å². The van der Waals surface area contributed by atoms with Crippen molar-refractivity contribution in [3.8, 4) is 0 Å². The van der Waals surface area contributed by atoms with Gasteiger partial charge in [0.05, 0.1) is 39.9 Å². The molecule has 0 aliphatic heterocycles. The van der Waals surface area contributed by atoms with Gasteiger partial charge in [-0.2, -0.15) is 0 Å². The van der Waals surface area contributed by atoms with Crippen LogP contribution in [0.4, 0.5) is 0 Å². The minimum absolute atomic E-state index is 0.00268. The lowest BCUT2D eigenvalue weighted by Gasteiger charge is -2.29. The lowest BCUT2D eigenvalue weighted by Crippen LogP contribution is -2.45. The van der Waals surface area contributed by atoms with Crippen LogP contribution < -0.4 is 10.2 Å². The van der Waals surface area contributed by atoms with E-state index in [1.807, 2.05) is 27.2 Å². The van der Waals surface area contributed by atoms with E-state index in [9.17, 15) is 19.4 Å². The van der Waals surface area contributed by atoms with Gasteiger partial charge in [-0.1, -0.05) is 328 Å². The molecule has 0 bridgehead atoms. The SMILES string of the molecule is CCCCCCCCCCCCCCCC/C=C/[C@@H](O)[C@H](COP(=O)([O-])OCC[N+](C)(C)C)NC(=O)CCCCCCCCCCCCCCCCCCCCCCCCCCCCCCCCCCCCC. The Labute approximate surface area is 456 Å². The zero-order chi connectivity index (χ0) is 53.5. The number of carbonyl (C=O) groups excluding carboxylic acids is 1. The van der Waals surface area contributed by atoms with Crippen molar-refractivity contribution in [2.24, 2.45) is 0 Å². The summed E-state index contributed by atoms with van der Waals surface area (Å²) >= 11 is 0. The Bertz CT molecular complexity index is 1200. The van der Waals surface area contributed by atoms with Crippen molar-refractivity contribution in [3.05, 3.63) is 12.2 Å². The number of aliphatic hydroxyl groups is 1. The van der Waals surface area contributed by atoms with E-state index in [-0.39, 0.29) is 19.1 Å². The molecule has 0 radical (unpaired) electrons. The predicted octanol–water partition coefficient (Wildman–Crippen LogP) is 19.5. The van der Waals surface area contributed by atoms with E-state index in [0.717, 1.165) is 38.5 Å². The van der Waals surface area contributed by atoms with Gasteiger partial charge in [0, 0.05) is 6.42 Å². The van der Waals surface area contributed by atoms with Gasteiger partial charge in [0.25, 0.3) is 7.82 Å². The normalized spacial score (nSPS) is 13.8. The van der Waals surface area contributed by atoms with E-state index in [0.29, 0.717) is 17.4 Å². The number of rotatable bonds is 61. The Kier molecular flexibility index (Phi) is 55.4. The summed E-state index contributed by atoms with van der Waals surface area (Å²) in [5.74, 6) is -0.189. The number of allylic oxidation sites excluding steroid dienone is 1. The van der Waals surface area contributed by atoms with Crippen molar-refractivity contribution in [2.45, 2.75) is 353 Å². The van der Waals surface area contributed by atoms with Gasteiger partial charge in [-0.25, -0.2) is 0 Å². The van der Waals surface area contributed by atoms with Crippen LogP contribution in [0.3, 0.4) is 0 Å². The number of hydrogen-bond donors (Lipinski definition) is 2. The lowest BCUT2D eigenvalue weighted by molar-refractivity contribution is -0.870. The van der Waals surface area contributed by atoms with Gasteiger partial charge >= 0.3 is 0 Å². The largest absolute Gasteiger partial charge is 0.756 e. The molecule has 0 aliphatic carbocycles. The minimum atomic E-state index is -4.59. The van der Waals surface area contributed by atoms with Crippen molar-refractivity contribution >= 4 is 13.7 Å². The first kappa shape index (κ1) is 72.2. The van der Waals surface area contributed by atoms with Crippen molar-refractivity contribution in [3.63, 3.8) is 0 Å². The molecule has 0 fully saturated rings. The summed E-state index contributed by atoms with van der Waals surface area (Å²) in [7, 11) is 1.28. The van der Waals surface area contributed by atoms with Crippen LogP contribution in [0.1, 0.15) is 341 Å². The second-order valence-electron chi connectivity index (χ2n) is 23.8. The van der Waals surface area contributed by atoms with E-state index >= 15 is 0 Å². The maximum atomic E-state index is 13.0. The number of phosphoric ester groups is 1. The van der Waals surface area contributed by atoms with Gasteiger partial charge in [0.15, 0.2) is 0 Å². The molecule has 0 saturated heterocycles. The number of unbranched alkanes of at least 4 members (excludes halogenated alkanes) is 48. The summed E-state index contributed by atoms with van der Waals surface area (Å²) in [6.45, 7) is 4.70. The third-order valence-corrected chi connectivity index (χ3v) is 16.2. The quantitative estimate of drug-likeness (QED) is 0.0272. The summed E-state index contributed by atoms with van der Waals surface area (Å²) in [6, 6.07) is -0.882. The van der Waals surface area contributed by atoms with Gasteiger partial charge in [-0.15, -0.1) is 0 Å². The fourth-order valence-corrected chi connectivity index (χ4v) is 10.9. The number of likely N-dealkylation sites (N-methyl/N-ethyl adjacent to an activating group) is 1. The first-order valence-corrected chi connectivity index (χ1v) is 34.0. The Morgan fingerprint density at radius 2 is 0.740 bits per heavy atom. The van der Waals surface area contributed by atoms with Crippen molar-refractivity contribution in [1.82, 2.24) is 5.32 Å². The first-order chi connectivity index (χ1) is 35.5. The molecule has 1 amide bonds. The number of carbonyl (C=O) groups is 1. The number of quaternary nitrogens is 1. The molecule has 0 aromatic carbocycles. The Balaban J connectivity index is 3.93. The predicted molar refractivity (Wildman–Crippen MR) is 316 cm³/mol. The summed E-state index contributed by atoms with van der Waals surface area (Å²) in [5, 5.41) is 13.9. The number of nitrogens with one attached hydrogen (secondary N) is 1. The Hall–Kier alpha value is -0.760. The second-order valence-corrected chi connectivity index (χ2v) is 25.2. The molecule has 9 heteroatoms. The maximum Gasteiger partial charge on any atom is 0.268 e. The summed E-state index contributed by atoms with van der Waals surface area (Å²) in [4.78, 5) is 25.5. The molecule has 0 spiro atoms. The molecule has 0 aromatic rings. The van der Waals surface area contributed by atoms with Crippen LogP contribution >= 0.6 is 7.82 Å². The molecule has 436 valence electrons. The van der Waals surface area contributed by atoms with Crippen LogP contribution in [0.2, 0.25) is 0 Å². The average Bonchev–Trinajstić information content (AvgIpc) is 3.35. The molecule has 2 N–H and O–H groups in total. The fourth-order valence-electron chi connectivity index (χ4n) is 10.2. The Morgan fingerprint density at radius 1 is 0.466 bits per heavy atom. The number of phosphoric acid groups is 1. The van der Waals surface area contributed by atoms with Crippen LogP contribution in [-0.4, -0.2) is 68.5 Å². The molecule has 73 heavy (non-hydrogen) atoms. The number of amides is 1. The smallest absolute Gasteiger partial charge is 0.268 e. The molecular formula is C64H129N2O6P. The molecule has 0 aromatic heterocycles. The van der Waals surface area contributed by atoms with Crippen LogP contribution in [0.25, 0.3) is 0 Å². The van der Waals surface area contributed by atoms with Gasteiger partial charge < -0.3 is 28.8 Å². The summed E-state index contributed by atoms with van der Waals surface area (Å²) in [5.41, 5.74) is 0. The Morgan fingerprint density at radius 3 is 1.03 bits per heavy atom. The summed E-state index contributed by atoms with van der Waals surface area (Å²) in [6.07, 6.45) is 70.4. The monoisotopic (exact) mass is 1050 g/mol. The van der Waals surface area contributed by atoms with Crippen LogP contribution in [0, 0.1) is 0 Å². The van der Waals surface area contributed by atoms with Gasteiger partial charge in [0.2, 0.25) is 5.91 Å². The van der Waals surface area contributed by atoms with Crippen LogP contribution in [-0.2, 0) is 18.4 Å². The molecular weight excluding hydrogens is 924 g/mol. The van der Waals surface area contributed by atoms with E-state index in [1.54, 1.807) is 6.08 Å². The topological polar surface area (TPSA) is 108 Å². The van der Waals surface area contributed by atoms with E-state index < -0.39 is 20.0 Å². The standard InChI is InChI=1S/C64H129N2O6P/c1-6-8-10-12-14-16-18-20-22-24-25-26-27-28-29-30-31-32-33-34-35-36-37-38-39-40-41-42-44-46-48-50-52-54-56-58-64(68)65-62(61-72-73(69,70)71-60-59-66(3,4)5)63(67)57-55-53-51-49-47-45-43-23-21-19-17-15-13-11-9-7-2/h55,57,62-63,67H,6-54,56,58-61H2,1-5H3,(H-,65,68,69,70)/b57-55+/t62-,63+/m0/s1. The van der Waals surface area contributed by atoms with Crippen molar-refractivity contribution in [2.75, 3.05) is 40.9 Å². The number of aliphatic hydroxyl groups excluding tert-OH is 1. The summed E-state index contributed by atoms with van der Waals surface area (Å²) < 4.78 is 23.4. The molecule has 3 atom stereocenters. The molecule has 0 saturated carbocycles. The van der Waals surface area contributed by atoms with Crippen molar-refractivity contribution in [1.29, 1.82) is 0 Å². The molecule has 0 rings (SSSR count).